The molecule has 19 heavy (non-hydrogen) atoms. The molecule has 3 rings (SSSR count). The zero-order chi connectivity index (χ0) is 13.4. The monoisotopic (exact) mass is 253 g/mol. The maximum Gasteiger partial charge on any atom is 0.0493 e. The minimum absolute atomic E-state index is 0.203. The number of hydrogen-bond acceptors (Lipinski definition) is 1. The molecule has 0 amide bonds. The molecule has 2 heteroatoms. The van der Waals surface area contributed by atoms with Crippen LogP contribution in [0.5, 0.6) is 0 Å². The van der Waals surface area contributed by atoms with Crippen molar-refractivity contribution in [2.24, 2.45) is 0 Å². The summed E-state index contributed by atoms with van der Waals surface area (Å²) in [5.41, 5.74) is 3.76. The SMILES string of the molecule is CC(C)n1c2ccccc2c2cc(CCO)ccc21. The lowest BCUT2D eigenvalue weighted by molar-refractivity contribution is 0.299. The van der Waals surface area contributed by atoms with Crippen LogP contribution in [0.1, 0.15) is 25.5 Å². The summed E-state index contributed by atoms with van der Waals surface area (Å²) in [6.45, 7) is 4.63. The largest absolute Gasteiger partial charge is 0.396 e. The Morgan fingerprint density at radius 1 is 1.00 bits per heavy atom. The number of hydrogen-bond donors (Lipinski definition) is 1. The van der Waals surface area contributed by atoms with Gasteiger partial charge in [0.25, 0.3) is 0 Å². The summed E-state index contributed by atoms with van der Waals surface area (Å²) >= 11 is 0. The first-order valence-electron chi connectivity index (χ1n) is 6.85. The van der Waals surface area contributed by atoms with Crippen molar-refractivity contribution in [3.63, 3.8) is 0 Å². The van der Waals surface area contributed by atoms with Gasteiger partial charge in [-0.05, 0) is 44.0 Å². The number of benzene rings is 2. The van der Waals surface area contributed by atoms with Crippen LogP contribution in [-0.4, -0.2) is 16.3 Å². The Morgan fingerprint density at radius 3 is 2.47 bits per heavy atom. The Morgan fingerprint density at radius 2 is 1.74 bits per heavy atom. The molecule has 3 aromatic rings. The molecule has 1 N–H and O–H groups in total. The van der Waals surface area contributed by atoms with Crippen molar-refractivity contribution in [1.29, 1.82) is 0 Å². The van der Waals surface area contributed by atoms with Crippen molar-refractivity contribution in [2.75, 3.05) is 6.61 Å². The number of rotatable bonds is 3. The minimum atomic E-state index is 0.203. The molecule has 1 aromatic heterocycles. The first kappa shape index (κ1) is 12.2. The van der Waals surface area contributed by atoms with E-state index in [-0.39, 0.29) is 6.61 Å². The molecule has 0 aliphatic carbocycles. The molecule has 0 saturated carbocycles. The van der Waals surface area contributed by atoms with Crippen LogP contribution in [0.25, 0.3) is 21.8 Å². The Bertz CT molecular complexity index is 725. The van der Waals surface area contributed by atoms with Crippen molar-refractivity contribution in [3.8, 4) is 0 Å². The van der Waals surface area contributed by atoms with Gasteiger partial charge in [0, 0.05) is 34.5 Å². The van der Waals surface area contributed by atoms with E-state index in [4.69, 9.17) is 5.11 Å². The number of para-hydroxylation sites is 1. The molecule has 1 heterocycles. The van der Waals surface area contributed by atoms with Gasteiger partial charge in [-0.25, -0.2) is 0 Å². The third-order valence-corrected chi connectivity index (χ3v) is 3.69. The zero-order valence-electron chi connectivity index (χ0n) is 11.4. The van der Waals surface area contributed by atoms with Gasteiger partial charge in [-0.1, -0.05) is 24.3 Å². The fourth-order valence-electron chi connectivity index (χ4n) is 2.89. The Hall–Kier alpha value is -1.80. The summed E-state index contributed by atoms with van der Waals surface area (Å²) in [5.74, 6) is 0. The van der Waals surface area contributed by atoms with Crippen LogP contribution >= 0.6 is 0 Å². The quantitative estimate of drug-likeness (QED) is 0.752. The van der Waals surface area contributed by atoms with Crippen LogP contribution in [0.3, 0.4) is 0 Å². The van der Waals surface area contributed by atoms with Crippen LogP contribution in [0.15, 0.2) is 42.5 Å². The van der Waals surface area contributed by atoms with Gasteiger partial charge >= 0.3 is 0 Å². The van der Waals surface area contributed by atoms with Crippen LogP contribution in [0.2, 0.25) is 0 Å². The van der Waals surface area contributed by atoms with Gasteiger partial charge in [0.05, 0.1) is 0 Å². The molecule has 0 fully saturated rings. The fraction of sp³-hybridized carbons (Fsp3) is 0.294. The van der Waals surface area contributed by atoms with Crippen molar-refractivity contribution in [1.82, 2.24) is 4.57 Å². The summed E-state index contributed by atoms with van der Waals surface area (Å²) in [4.78, 5) is 0. The molecule has 0 unspecified atom stereocenters. The summed E-state index contributed by atoms with van der Waals surface area (Å²) in [6.07, 6.45) is 0.719. The van der Waals surface area contributed by atoms with E-state index in [0.29, 0.717) is 6.04 Å². The number of aromatic nitrogens is 1. The zero-order valence-corrected chi connectivity index (χ0v) is 11.4. The van der Waals surface area contributed by atoms with E-state index in [2.05, 4.69) is 60.9 Å². The number of aliphatic hydroxyl groups excluding tert-OH is 1. The van der Waals surface area contributed by atoms with Crippen molar-refractivity contribution < 1.29 is 5.11 Å². The maximum absolute atomic E-state index is 9.09. The lowest BCUT2D eigenvalue weighted by Crippen LogP contribution is -1.99. The van der Waals surface area contributed by atoms with Gasteiger partial charge in [-0.15, -0.1) is 0 Å². The highest BCUT2D eigenvalue weighted by Gasteiger charge is 2.12. The second kappa shape index (κ2) is 4.71. The molecule has 2 nitrogen and oxygen atoms in total. The molecule has 2 aromatic carbocycles. The van der Waals surface area contributed by atoms with E-state index in [1.54, 1.807) is 0 Å². The summed E-state index contributed by atoms with van der Waals surface area (Å²) in [7, 11) is 0. The van der Waals surface area contributed by atoms with Gasteiger partial charge in [-0.2, -0.15) is 0 Å². The highest BCUT2D eigenvalue weighted by molar-refractivity contribution is 6.08. The van der Waals surface area contributed by atoms with E-state index in [0.717, 1.165) is 6.42 Å². The predicted molar refractivity (Wildman–Crippen MR) is 80.6 cm³/mol. The Labute approximate surface area is 113 Å². The standard InChI is InChI=1S/C17H19NO/c1-12(2)18-16-6-4-3-5-14(16)15-11-13(9-10-19)7-8-17(15)18/h3-8,11-12,19H,9-10H2,1-2H3. The topological polar surface area (TPSA) is 25.2 Å². The van der Waals surface area contributed by atoms with Crippen LogP contribution in [0, 0.1) is 0 Å². The highest BCUT2D eigenvalue weighted by atomic mass is 16.2. The first-order chi connectivity index (χ1) is 9.22. The second-order valence-electron chi connectivity index (χ2n) is 5.31. The van der Waals surface area contributed by atoms with Crippen molar-refractivity contribution in [3.05, 3.63) is 48.0 Å². The Kier molecular flexibility index (Phi) is 3.03. The number of nitrogens with zero attached hydrogens (tertiary/aromatic N) is 1. The lowest BCUT2D eigenvalue weighted by Gasteiger charge is -2.11. The van der Waals surface area contributed by atoms with Crippen molar-refractivity contribution >= 4 is 21.8 Å². The third kappa shape index (κ3) is 1.92. The van der Waals surface area contributed by atoms with Crippen LogP contribution < -0.4 is 0 Å². The molecule has 0 radical (unpaired) electrons. The minimum Gasteiger partial charge on any atom is -0.396 e. The molecule has 98 valence electrons. The predicted octanol–water partition coefficient (Wildman–Crippen LogP) is 3.91. The van der Waals surface area contributed by atoms with Crippen molar-refractivity contribution in [2.45, 2.75) is 26.3 Å². The molecule has 0 bridgehead atoms. The molecule has 0 atom stereocenters. The smallest absolute Gasteiger partial charge is 0.0493 e. The average molecular weight is 253 g/mol. The van der Waals surface area contributed by atoms with E-state index >= 15 is 0 Å². The third-order valence-electron chi connectivity index (χ3n) is 3.69. The molecule has 0 saturated heterocycles. The van der Waals surface area contributed by atoms with Crippen LogP contribution in [0.4, 0.5) is 0 Å². The lowest BCUT2D eigenvalue weighted by atomic mass is 10.1. The van der Waals surface area contributed by atoms with E-state index in [1.165, 1.54) is 27.4 Å². The molecule has 0 aliphatic heterocycles. The van der Waals surface area contributed by atoms with E-state index in [1.807, 2.05) is 0 Å². The van der Waals surface area contributed by atoms with Gasteiger partial charge < -0.3 is 9.67 Å². The van der Waals surface area contributed by atoms with Crippen LogP contribution in [-0.2, 0) is 6.42 Å². The van der Waals surface area contributed by atoms with E-state index in [9.17, 15) is 0 Å². The number of fused-ring (bicyclic) bond motifs is 3. The van der Waals surface area contributed by atoms with E-state index < -0.39 is 0 Å². The molecular formula is C17H19NO. The van der Waals surface area contributed by atoms with Gasteiger partial charge in [-0.3, -0.25) is 0 Å². The average Bonchev–Trinajstić information content (AvgIpc) is 2.73. The summed E-state index contributed by atoms with van der Waals surface area (Å²) in [6, 6.07) is 15.5. The summed E-state index contributed by atoms with van der Waals surface area (Å²) < 4.78 is 2.38. The number of aliphatic hydroxyl groups is 1. The van der Waals surface area contributed by atoms with Gasteiger partial charge in [0.15, 0.2) is 0 Å². The van der Waals surface area contributed by atoms with Gasteiger partial charge in [0.1, 0.15) is 0 Å². The van der Waals surface area contributed by atoms with Gasteiger partial charge in [0.2, 0.25) is 0 Å². The normalized spacial score (nSPS) is 11.8. The highest BCUT2D eigenvalue weighted by Crippen LogP contribution is 2.32. The fourth-order valence-corrected chi connectivity index (χ4v) is 2.89. The maximum atomic E-state index is 9.09. The molecular weight excluding hydrogens is 234 g/mol. The summed E-state index contributed by atoms with van der Waals surface area (Å²) in [5, 5.41) is 11.7. The molecule has 0 aliphatic rings. The molecule has 0 spiro atoms. The first-order valence-corrected chi connectivity index (χ1v) is 6.85. The Balaban J connectivity index is 2.38. The second-order valence-corrected chi connectivity index (χ2v) is 5.31.